The highest BCUT2D eigenvalue weighted by Gasteiger charge is 2.38. The lowest BCUT2D eigenvalue weighted by molar-refractivity contribution is -0.126. The van der Waals surface area contributed by atoms with Crippen LogP contribution in [0.4, 0.5) is 0 Å². The minimum atomic E-state index is -0.0186. The van der Waals surface area contributed by atoms with Gasteiger partial charge in [0.25, 0.3) is 0 Å². The number of ether oxygens (including phenoxy) is 1. The number of nitrogens with one attached hydrogen (secondary N) is 2. The van der Waals surface area contributed by atoms with Gasteiger partial charge in [0.2, 0.25) is 5.91 Å². The largest absolute Gasteiger partial charge is 0.379 e. The molecule has 5 nitrogen and oxygen atoms in total. The molecular weight excluding hydrogens is 242 g/mol. The minimum absolute atomic E-state index is 0.0186. The molecular formula is C14H25N3O2. The molecule has 0 aromatic heterocycles. The van der Waals surface area contributed by atoms with Crippen molar-refractivity contribution in [1.82, 2.24) is 15.5 Å². The van der Waals surface area contributed by atoms with Crippen molar-refractivity contribution in [3.8, 4) is 0 Å². The first-order chi connectivity index (χ1) is 9.28. The molecule has 3 fully saturated rings. The molecule has 3 rings (SSSR count). The van der Waals surface area contributed by atoms with Crippen molar-refractivity contribution in [3.63, 3.8) is 0 Å². The van der Waals surface area contributed by atoms with E-state index in [1.54, 1.807) is 0 Å². The molecule has 1 saturated carbocycles. The molecule has 0 aromatic rings. The summed E-state index contributed by atoms with van der Waals surface area (Å²) in [7, 11) is 0. The molecule has 5 heteroatoms. The lowest BCUT2D eigenvalue weighted by Crippen LogP contribution is -2.47. The van der Waals surface area contributed by atoms with Crippen LogP contribution >= 0.6 is 0 Å². The van der Waals surface area contributed by atoms with Crippen molar-refractivity contribution in [2.24, 2.45) is 5.92 Å². The van der Waals surface area contributed by atoms with E-state index in [1.807, 2.05) is 0 Å². The van der Waals surface area contributed by atoms with Gasteiger partial charge in [-0.1, -0.05) is 6.92 Å². The zero-order valence-electron chi connectivity index (χ0n) is 11.7. The maximum atomic E-state index is 12.3. The molecule has 3 atom stereocenters. The van der Waals surface area contributed by atoms with Crippen molar-refractivity contribution in [2.75, 3.05) is 32.8 Å². The molecule has 0 bridgehead atoms. The molecule has 1 aliphatic carbocycles. The van der Waals surface area contributed by atoms with Gasteiger partial charge in [-0.15, -0.1) is 0 Å². The average Bonchev–Trinajstić information content (AvgIpc) is 2.96. The van der Waals surface area contributed by atoms with Gasteiger partial charge in [-0.3, -0.25) is 9.69 Å². The van der Waals surface area contributed by atoms with Crippen molar-refractivity contribution >= 4 is 5.91 Å². The Morgan fingerprint density at radius 3 is 2.89 bits per heavy atom. The number of likely N-dealkylation sites (tertiary alicyclic amines) is 1. The normalized spacial score (nSPS) is 35.7. The number of rotatable bonds is 5. The van der Waals surface area contributed by atoms with Crippen molar-refractivity contribution in [2.45, 2.75) is 44.3 Å². The molecule has 0 radical (unpaired) electrons. The highest BCUT2D eigenvalue weighted by molar-refractivity contribution is 5.80. The lowest BCUT2D eigenvalue weighted by Gasteiger charge is -2.21. The molecule has 0 aromatic carbocycles. The van der Waals surface area contributed by atoms with Crippen LogP contribution in [0.2, 0.25) is 0 Å². The van der Waals surface area contributed by atoms with Crippen LogP contribution < -0.4 is 10.6 Å². The molecule has 19 heavy (non-hydrogen) atoms. The van der Waals surface area contributed by atoms with Crippen molar-refractivity contribution < 1.29 is 9.53 Å². The molecule has 1 amide bonds. The van der Waals surface area contributed by atoms with E-state index in [2.05, 4.69) is 22.5 Å². The third kappa shape index (κ3) is 3.09. The standard InChI is InChI=1S/C14H25N3O2/c1-2-15-13-9-19-8-12(13)14(18)16-10-5-6-17(7-10)11-3-4-11/h10-13,15H,2-9H2,1H3,(H,16,18). The summed E-state index contributed by atoms with van der Waals surface area (Å²) in [6.45, 7) is 6.35. The first kappa shape index (κ1) is 13.3. The predicted octanol–water partition coefficient (Wildman–Crippen LogP) is -0.0362. The summed E-state index contributed by atoms with van der Waals surface area (Å²) in [6, 6.07) is 1.34. The topological polar surface area (TPSA) is 53.6 Å². The zero-order valence-corrected chi connectivity index (χ0v) is 11.7. The molecule has 108 valence electrons. The SMILES string of the molecule is CCNC1COCC1C(=O)NC1CCN(C2CC2)C1. The summed E-state index contributed by atoms with van der Waals surface area (Å²) in [5.74, 6) is 0.154. The number of likely N-dealkylation sites (N-methyl/N-ethyl adjacent to an activating group) is 1. The van der Waals surface area contributed by atoms with Gasteiger partial charge in [-0.25, -0.2) is 0 Å². The van der Waals surface area contributed by atoms with Gasteiger partial charge in [0.05, 0.1) is 19.1 Å². The molecule has 2 heterocycles. The third-order valence-corrected chi connectivity index (χ3v) is 4.51. The summed E-state index contributed by atoms with van der Waals surface area (Å²) in [6.07, 6.45) is 3.79. The Balaban J connectivity index is 1.47. The number of amides is 1. The first-order valence-corrected chi connectivity index (χ1v) is 7.63. The van der Waals surface area contributed by atoms with Crippen molar-refractivity contribution in [1.29, 1.82) is 0 Å². The van der Waals surface area contributed by atoms with Crippen LogP contribution in [0.5, 0.6) is 0 Å². The Morgan fingerprint density at radius 1 is 1.32 bits per heavy atom. The number of carbonyl (C=O) groups excluding carboxylic acids is 1. The monoisotopic (exact) mass is 267 g/mol. The zero-order chi connectivity index (χ0) is 13.2. The first-order valence-electron chi connectivity index (χ1n) is 7.63. The van der Waals surface area contributed by atoms with E-state index in [4.69, 9.17) is 4.74 Å². The molecule has 2 aliphatic heterocycles. The summed E-state index contributed by atoms with van der Waals surface area (Å²) < 4.78 is 5.44. The predicted molar refractivity (Wildman–Crippen MR) is 72.9 cm³/mol. The Bertz CT molecular complexity index is 333. The molecule has 2 N–H and O–H groups in total. The van der Waals surface area contributed by atoms with Gasteiger partial charge >= 0.3 is 0 Å². The molecule has 3 aliphatic rings. The molecule has 0 spiro atoms. The van der Waals surface area contributed by atoms with E-state index in [0.29, 0.717) is 19.3 Å². The Morgan fingerprint density at radius 2 is 2.16 bits per heavy atom. The Hall–Kier alpha value is -0.650. The van der Waals surface area contributed by atoms with Crippen LogP contribution in [-0.4, -0.2) is 61.8 Å². The smallest absolute Gasteiger partial charge is 0.227 e. The second-order valence-corrected chi connectivity index (χ2v) is 6.03. The Labute approximate surface area is 115 Å². The van der Waals surface area contributed by atoms with Crippen LogP contribution in [0, 0.1) is 5.92 Å². The quantitative estimate of drug-likeness (QED) is 0.734. The van der Waals surface area contributed by atoms with Crippen LogP contribution in [-0.2, 0) is 9.53 Å². The highest BCUT2D eigenvalue weighted by atomic mass is 16.5. The summed E-state index contributed by atoms with van der Waals surface area (Å²) in [4.78, 5) is 14.9. The van der Waals surface area contributed by atoms with Crippen LogP contribution in [0.25, 0.3) is 0 Å². The van der Waals surface area contributed by atoms with Crippen LogP contribution in [0.3, 0.4) is 0 Å². The molecule has 3 unspecified atom stereocenters. The number of hydrogen-bond donors (Lipinski definition) is 2. The third-order valence-electron chi connectivity index (χ3n) is 4.51. The highest BCUT2D eigenvalue weighted by Crippen LogP contribution is 2.29. The van der Waals surface area contributed by atoms with Gasteiger partial charge < -0.3 is 15.4 Å². The van der Waals surface area contributed by atoms with E-state index in [1.165, 1.54) is 12.8 Å². The minimum Gasteiger partial charge on any atom is -0.379 e. The van der Waals surface area contributed by atoms with Crippen LogP contribution in [0.1, 0.15) is 26.2 Å². The second kappa shape index (κ2) is 5.77. The Kier molecular flexibility index (Phi) is 4.05. The maximum Gasteiger partial charge on any atom is 0.227 e. The fraction of sp³-hybridized carbons (Fsp3) is 0.929. The lowest BCUT2D eigenvalue weighted by atomic mass is 10.0. The van der Waals surface area contributed by atoms with Crippen molar-refractivity contribution in [3.05, 3.63) is 0 Å². The number of nitrogens with zero attached hydrogens (tertiary/aromatic N) is 1. The van der Waals surface area contributed by atoms with Gasteiger partial charge in [-0.05, 0) is 25.8 Å². The van der Waals surface area contributed by atoms with Gasteiger partial charge in [0.1, 0.15) is 0 Å². The van der Waals surface area contributed by atoms with E-state index in [0.717, 1.165) is 32.1 Å². The van der Waals surface area contributed by atoms with E-state index < -0.39 is 0 Å². The van der Waals surface area contributed by atoms with E-state index in [-0.39, 0.29) is 17.9 Å². The molecule has 2 saturated heterocycles. The fourth-order valence-corrected chi connectivity index (χ4v) is 3.26. The summed E-state index contributed by atoms with van der Waals surface area (Å²) >= 11 is 0. The summed E-state index contributed by atoms with van der Waals surface area (Å²) in [5, 5.41) is 6.56. The van der Waals surface area contributed by atoms with Gasteiger partial charge in [-0.2, -0.15) is 0 Å². The number of carbonyl (C=O) groups is 1. The summed E-state index contributed by atoms with van der Waals surface area (Å²) in [5.41, 5.74) is 0. The van der Waals surface area contributed by atoms with E-state index >= 15 is 0 Å². The second-order valence-electron chi connectivity index (χ2n) is 6.03. The van der Waals surface area contributed by atoms with E-state index in [9.17, 15) is 4.79 Å². The number of hydrogen-bond acceptors (Lipinski definition) is 4. The van der Waals surface area contributed by atoms with Crippen LogP contribution in [0.15, 0.2) is 0 Å². The van der Waals surface area contributed by atoms with Gasteiger partial charge in [0, 0.05) is 31.2 Å². The fourth-order valence-electron chi connectivity index (χ4n) is 3.26. The average molecular weight is 267 g/mol. The maximum absolute atomic E-state index is 12.3. The van der Waals surface area contributed by atoms with Gasteiger partial charge in [0.15, 0.2) is 0 Å².